The molecule has 284 valence electrons. The molecule has 0 amide bonds. The first-order valence-corrected chi connectivity index (χ1v) is 10.6. The van der Waals surface area contributed by atoms with Gasteiger partial charge in [0.25, 0.3) is 0 Å². The Morgan fingerprint density at radius 3 is 0.383 bits per heavy atom. The molecule has 0 rings (SSSR count). The first-order chi connectivity index (χ1) is 19.5. The average Bonchev–Trinajstić information content (AvgIpc) is 2.80. The molecule has 0 aliphatic carbocycles. The van der Waals surface area contributed by atoms with Gasteiger partial charge in [-0.3, -0.25) is 0 Å². The third-order valence-corrected chi connectivity index (χ3v) is 6.12. The Labute approximate surface area is 246 Å². The molecule has 0 aliphatic heterocycles. The largest absolute Gasteiger partial charge is 0.460 e. The molecule has 0 saturated heterocycles. The lowest BCUT2D eigenvalue weighted by atomic mass is 9.83. The molecule has 0 nitrogen and oxygen atoms in total. The summed E-state index contributed by atoms with van der Waals surface area (Å²) in [6.07, 6.45) is -8.33. The molecule has 0 saturated carbocycles. The average molecular weight is 896 g/mol. The summed E-state index contributed by atoms with van der Waals surface area (Å²) in [6, 6.07) is 0. The summed E-state index contributed by atoms with van der Waals surface area (Å²) in [5.41, 5.74) is 0. The van der Waals surface area contributed by atoms with E-state index < -0.39 is 110 Å². The fourth-order valence-corrected chi connectivity index (χ4v) is 2.86. The smallest absolute Gasteiger partial charge is 0.192 e. The highest BCUT2D eigenvalue weighted by Gasteiger charge is 3.01. The minimum atomic E-state index is -10.0. The Bertz CT molecular complexity index is 1060. The van der Waals surface area contributed by atoms with Crippen LogP contribution < -0.4 is 0 Å². The van der Waals surface area contributed by atoms with Crippen LogP contribution in [0.4, 0.5) is 136 Å². The normalized spacial score (nSPS) is 17.4. The Morgan fingerprint density at radius 1 is 0.170 bits per heavy atom. The van der Waals surface area contributed by atoms with E-state index in [9.17, 15) is 136 Å². The van der Waals surface area contributed by atoms with Gasteiger partial charge in [-0.15, -0.1) is 0 Å². The lowest BCUT2D eigenvalue weighted by molar-refractivity contribution is -0.488. The molecule has 0 spiro atoms. The summed E-state index contributed by atoms with van der Waals surface area (Å²) in [7, 11) is 0. The van der Waals surface area contributed by atoms with Crippen molar-refractivity contribution < 1.29 is 136 Å². The van der Waals surface area contributed by atoms with Crippen LogP contribution in [0.1, 0.15) is 0 Å². The van der Waals surface area contributed by atoms with Gasteiger partial charge in [0.1, 0.15) is 0 Å². The summed E-state index contributed by atoms with van der Waals surface area (Å²) in [6.45, 7) is 0. The topological polar surface area (TPSA) is 0 Å². The van der Waals surface area contributed by atoms with Gasteiger partial charge in [-0.1, -0.05) is 0 Å². The highest BCUT2D eigenvalue weighted by Crippen LogP contribution is 2.69. The molecule has 0 fully saturated rings. The number of hydrogen-bond acceptors (Lipinski definition) is 0. The predicted octanol–water partition coefficient (Wildman–Crippen LogP) is 10.8. The molecule has 0 aromatic rings. The Hall–Kier alpha value is -1.44. The fraction of sp³-hybridized carbons (Fsp3) is 1.00. The van der Waals surface area contributed by atoms with E-state index in [4.69, 9.17) is 0 Å². The Kier molecular flexibility index (Phi) is 10.5. The van der Waals surface area contributed by atoms with Crippen LogP contribution in [0.2, 0.25) is 0 Å². The number of halogens is 32. The highest BCUT2D eigenvalue weighted by molar-refractivity contribution is 14.1. The number of rotatable bonds is 13. The minimum Gasteiger partial charge on any atom is -0.192 e. The molecule has 47 heavy (non-hydrogen) atoms. The lowest BCUT2D eigenvalue weighted by Crippen LogP contribution is -2.79. The third-order valence-electron chi connectivity index (χ3n) is 5.44. The van der Waals surface area contributed by atoms with Crippen molar-refractivity contribution in [1.29, 1.82) is 0 Å². The van der Waals surface area contributed by atoms with E-state index in [0.29, 0.717) is 0 Å². The van der Waals surface area contributed by atoms with E-state index in [-0.39, 0.29) is 0 Å². The first kappa shape index (κ1) is 45.6. The summed E-state index contributed by atoms with van der Waals surface area (Å²) in [4.78, 5) is 0. The highest BCUT2D eigenvalue weighted by atomic mass is 127. The number of hydrogen-bond donors (Lipinski definition) is 0. The molecular weight excluding hydrogens is 896 g/mol. The van der Waals surface area contributed by atoms with E-state index in [1.807, 2.05) is 0 Å². The molecule has 0 N–H and O–H groups in total. The lowest BCUT2D eigenvalue weighted by Gasteiger charge is -2.46. The zero-order valence-corrected chi connectivity index (χ0v) is 21.8. The van der Waals surface area contributed by atoms with Crippen LogP contribution in [-0.4, -0.2) is 87.1 Å². The third kappa shape index (κ3) is 5.20. The van der Waals surface area contributed by atoms with Gasteiger partial charge in [0, 0.05) is 22.6 Å². The van der Waals surface area contributed by atoms with Crippen molar-refractivity contribution in [2.45, 2.75) is 87.1 Å². The second-order valence-electron chi connectivity index (χ2n) is 8.46. The molecule has 0 aliphatic rings. The molecule has 32 heteroatoms. The maximum Gasteiger partial charge on any atom is 0.460 e. The summed E-state index contributed by atoms with van der Waals surface area (Å²) >= 11 is -1.36. The van der Waals surface area contributed by atoms with E-state index in [2.05, 4.69) is 0 Å². The monoisotopic (exact) mass is 896 g/mol. The fourth-order valence-electron chi connectivity index (χ4n) is 2.52. The molecule has 0 unspecified atom stereocenters. The first-order valence-electron chi connectivity index (χ1n) is 9.55. The zero-order chi connectivity index (χ0) is 39.5. The van der Waals surface area contributed by atoms with E-state index in [0.717, 1.165) is 0 Å². The van der Waals surface area contributed by atoms with Crippen molar-refractivity contribution in [2.75, 3.05) is 0 Å². The maximum absolute atomic E-state index is 13.7. The van der Waals surface area contributed by atoms with Crippen LogP contribution in [0.3, 0.4) is 0 Å². The quantitative estimate of drug-likeness (QED) is 0.0982. The van der Waals surface area contributed by atoms with Crippen LogP contribution in [0.25, 0.3) is 0 Å². The van der Waals surface area contributed by atoms with Crippen molar-refractivity contribution in [3.8, 4) is 0 Å². The molecule has 0 radical (unpaired) electrons. The molecule has 0 aromatic heterocycles. The second-order valence-corrected chi connectivity index (χ2v) is 9.82. The van der Waals surface area contributed by atoms with Gasteiger partial charge in [-0.2, -0.15) is 136 Å². The maximum atomic E-state index is 13.7. The van der Waals surface area contributed by atoms with Crippen LogP contribution in [0.15, 0.2) is 0 Å². The van der Waals surface area contributed by atoms with Crippen molar-refractivity contribution in [1.82, 2.24) is 0 Å². The van der Waals surface area contributed by atoms with E-state index >= 15 is 0 Å². The summed E-state index contributed by atoms with van der Waals surface area (Å²) < 4.78 is 402. The van der Waals surface area contributed by atoms with Gasteiger partial charge in [-0.25, -0.2) is 0 Å². The molecule has 0 heterocycles. The van der Waals surface area contributed by atoms with Crippen molar-refractivity contribution in [2.24, 2.45) is 0 Å². The van der Waals surface area contributed by atoms with Gasteiger partial charge in [-0.05, 0) is 0 Å². The van der Waals surface area contributed by atoms with Crippen LogP contribution >= 0.6 is 22.6 Å². The van der Waals surface area contributed by atoms with Gasteiger partial charge in [0.15, 0.2) is 0 Å². The van der Waals surface area contributed by atoms with E-state index in [1.54, 1.807) is 0 Å². The molecule has 0 atom stereocenters. The summed E-state index contributed by atoms with van der Waals surface area (Å²) in [5.74, 6) is -124. The Balaban J connectivity index is 7.61. The molecular formula is C15F31I. The van der Waals surface area contributed by atoms with Gasteiger partial charge in [0.2, 0.25) is 0 Å². The van der Waals surface area contributed by atoms with Crippen molar-refractivity contribution in [3.63, 3.8) is 0 Å². The van der Waals surface area contributed by atoms with Crippen molar-refractivity contribution in [3.05, 3.63) is 0 Å². The number of alkyl halides is 32. The standard InChI is InChI=1S/C15F31I/c16-1(17,2(18,19)4(22,23)6(26,27)8(30,31)10(34,35)12(38,39)14(42,43)44)3(20,21)5(24,25)7(28,29)9(32,33)11(36,37)13(40,41)15(45,46)47. The van der Waals surface area contributed by atoms with Crippen molar-refractivity contribution >= 4 is 22.6 Å². The minimum absolute atomic E-state index is 1.36. The van der Waals surface area contributed by atoms with Gasteiger partial charge < -0.3 is 0 Å². The van der Waals surface area contributed by atoms with Crippen LogP contribution in [0.5, 0.6) is 0 Å². The summed E-state index contributed by atoms with van der Waals surface area (Å²) in [5, 5.41) is 0. The van der Waals surface area contributed by atoms with Crippen LogP contribution in [-0.2, 0) is 0 Å². The van der Waals surface area contributed by atoms with Gasteiger partial charge in [0.05, 0.1) is 0 Å². The molecule has 0 aromatic carbocycles. The Morgan fingerprint density at radius 2 is 0.277 bits per heavy atom. The SMILES string of the molecule is FC(F)(F)C(F)(F)C(F)(F)C(F)(F)C(F)(F)C(F)(F)C(F)(F)C(F)(F)C(F)(F)C(F)(F)C(F)(F)C(F)(F)C(F)(F)C(F)(F)C(F)(F)I. The predicted molar refractivity (Wildman–Crippen MR) is 89.3 cm³/mol. The van der Waals surface area contributed by atoms with Crippen LogP contribution in [0, 0.1) is 0 Å². The molecule has 0 bridgehead atoms. The zero-order valence-electron chi connectivity index (χ0n) is 19.6. The van der Waals surface area contributed by atoms with Gasteiger partial charge >= 0.3 is 87.1 Å². The van der Waals surface area contributed by atoms with E-state index in [1.165, 1.54) is 0 Å². The second kappa shape index (κ2) is 10.8.